The second-order valence-electron chi connectivity index (χ2n) is 5.19. The van der Waals surface area contributed by atoms with Gasteiger partial charge < -0.3 is 19.3 Å². The molecule has 0 bridgehead atoms. The predicted molar refractivity (Wildman–Crippen MR) is 92.5 cm³/mol. The summed E-state index contributed by atoms with van der Waals surface area (Å²) in [7, 11) is 1.34. The van der Waals surface area contributed by atoms with Crippen LogP contribution in [0, 0.1) is 0 Å². The molecule has 5 heteroatoms. The van der Waals surface area contributed by atoms with Gasteiger partial charge in [-0.3, -0.25) is 0 Å². The van der Waals surface area contributed by atoms with Gasteiger partial charge in [0.1, 0.15) is 28.7 Å². The van der Waals surface area contributed by atoms with Gasteiger partial charge >= 0.3 is 5.97 Å². The van der Waals surface area contributed by atoms with E-state index in [-0.39, 0.29) is 11.7 Å². The van der Waals surface area contributed by atoms with Gasteiger partial charge in [-0.25, -0.2) is 4.79 Å². The molecule has 3 rings (SSSR count). The van der Waals surface area contributed by atoms with Crippen molar-refractivity contribution in [3.05, 3.63) is 78.4 Å². The molecule has 0 amide bonds. The highest BCUT2D eigenvalue weighted by molar-refractivity contribution is 5.89. The number of benzene rings is 3. The fourth-order valence-corrected chi connectivity index (χ4v) is 2.14. The molecular weight excluding hydrogens is 320 g/mol. The molecule has 5 nitrogen and oxygen atoms in total. The zero-order valence-corrected chi connectivity index (χ0v) is 13.5. The van der Waals surface area contributed by atoms with Crippen LogP contribution in [0.3, 0.4) is 0 Å². The molecule has 0 saturated carbocycles. The molecule has 3 aromatic rings. The minimum Gasteiger partial charge on any atom is -0.508 e. The lowest BCUT2D eigenvalue weighted by molar-refractivity contribution is 0.0600. The van der Waals surface area contributed by atoms with Crippen molar-refractivity contribution in [2.45, 2.75) is 0 Å². The molecule has 0 aliphatic heterocycles. The SMILES string of the molecule is COC(=O)c1ccc(Oc2ccc(Oc3ccc(O)cc3)cc2)cc1. The summed E-state index contributed by atoms with van der Waals surface area (Å²) in [5.41, 5.74) is 0.465. The topological polar surface area (TPSA) is 65.0 Å². The maximum atomic E-state index is 11.4. The number of carbonyl (C=O) groups excluding carboxylic acids is 1. The minimum atomic E-state index is -0.387. The fraction of sp³-hybridized carbons (Fsp3) is 0.0500. The number of ether oxygens (including phenoxy) is 3. The molecule has 0 aliphatic carbocycles. The summed E-state index contributed by atoms with van der Waals surface area (Å²) in [5, 5.41) is 9.26. The van der Waals surface area contributed by atoms with E-state index in [1.165, 1.54) is 7.11 Å². The zero-order chi connectivity index (χ0) is 17.6. The van der Waals surface area contributed by atoms with E-state index < -0.39 is 0 Å². The van der Waals surface area contributed by atoms with Crippen molar-refractivity contribution in [2.24, 2.45) is 0 Å². The summed E-state index contributed by atoms with van der Waals surface area (Å²) >= 11 is 0. The number of aromatic hydroxyl groups is 1. The summed E-state index contributed by atoms with van der Waals surface area (Å²) in [4.78, 5) is 11.4. The Kier molecular flexibility index (Phi) is 4.85. The van der Waals surface area contributed by atoms with Crippen molar-refractivity contribution in [3.63, 3.8) is 0 Å². The normalized spacial score (nSPS) is 10.1. The number of methoxy groups -OCH3 is 1. The molecule has 0 aromatic heterocycles. The highest BCUT2D eigenvalue weighted by atomic mass is 16.5. The van der Waals surface area contributed by atoms with E-state index in [1.807, 2.05) is 0 Å². The lowest BCUT2D eigenvalue weighted by atomic mass is 10.2. The van der Waals surface area contributed by atoms with E-state index in [2.05, 4.69) is 4.74 Å². The number of phenolic OH excluding ortho intramolecular Hbond substituents is 1. The molecule has 0 radical (unpaired) electrons. The first-order valence-electron chi connectivity index (χ1n) is 7.57. The van der Waals surface area contributed by atoms with Gasteiger partial charge in [-0.2, -0.15) is 0 Å². The van der Waals surface area contributed by atoms with Gasteiger partial charge in [0.05, 0.1) is 12.7 Å². The fourth-order valence-electron chi connectivity index (χ4n) is 2.14. The van der Waals surface area contributed by atoms with Crippen LogP contribution < -0.4 is 9.47 Å². The first-order valence-corrected chi connectivity index (χ1v) is 7.57. The molecule has 126 valence electrons. The van der Waals surface area contributed by atoms with Crippen molar-refractivity contribution in [2.75, 3.05) is 7.11 Å². The standard InChI is InChI=1S/C20H16O5/c1-23-20(22)14-2-6-16(7-3-14)24-18-10-12-19(13-11-18)25-17-8-4-15(21)5-9-17/h2-13,21H,1H3. The Bertz CT molecular complexity index is 837. The molecule has 0 aliphatic rings. The van der Waals surface area contributed by atoms with Crippen LogP contribution in [0.15, 0.2) is 72.8 Å². The summed E-state index contributed by atoms with van der Waals surface area (Å²) < 4.78 is 16.1. The lowest BCUT2D eigenvalue weighted by Crippen LogP contribution is -2.00. The Hall–Kier alpha value is -3.47. The summed E-state index contributed by atoms with van der Waals surface area (Å²) in [6, 6.07) is 20.3. The molecule has 0 heterocycles. The van der Waals surface area contributed by atoms with Gasteiger partial charge in [0, 0.05) is 0 Å². The van der Waals surface area contributed by atoms with Crippen LogP contribution >= 0.6 is 0 Å². The Balaban J connectivity index is 1.64. The molecular formula is C20H16O5. The highest BCUT2D eigenvalue weighted by Crippen LogP contribution is 2.27. The molecule has 1 N–H and O–H groups in total. The number of carbonyl (C=O) groups is 1. The number of esters is 1. The van der Waals surface area contributed by atoms with E-state index >= 15 is 0 Å². The predicted octanol–water partition coefficient (Wildman–Crippen LogP) is 4.76. The molecule has 0 fully saturated rings. The third-order valence-corrected chi connectivity index (χ3v) is 3.41. The third-order valence-electron chi connectivity index (χ3n) is 3.41. The maximum Gasteiger partial charge on any atom is 0.337 e. The molecule has 0 unspecified atom stereocenters. The largest absolute Gasteiger partial charge is 0.508 e. The van der Waals surface area contributed by atoms with Crippen LogP contribution in [0.4, 0.5) is 0 Å². The number of phenols is 1. The quantitative estimate of drug-likeness (QED) is 0.680. The van der Waals surface area contributed by atoms with Crippen LogP contribution in [-0.2, 0) is 4.74 Å². The highest BCUT2D eigenvalue weighted by Gasteiger charge is 2.05. The molecule has 0 spiro atoms. The summed E-state index contributed by atoms with van der Waals surface area (Å²) in [5.74, 6) is 2.34. The Morgan fingerprint density at radius 1 is 0.680 bits per heavy atom. The molecule has 25 heavy (non-hydrogen) atoms. The first-order chi connectivity index (χ1) is 12.1. The Labute approximate surface area is 145 Å². The number of hydrogen-bond donors (Lipinski definition) is 1. The van der Waals surface area contributed by atoms with Crippen molar-refractivity contribution in [1.82, 2.24) is 0 Å². The van der Waals surface area contributed by atoms with Gasteiger partial charge in [0.25, 0.3) is 0 Å². The monoisotopic (exact) mass is 336 g/mol. The van der Waals surface area contributed by atoms with E-state index in [1.54, 1.807) is 72.8 Å². The molecule has 3 aromatic carbocycles. The van der Waals surface area contributed by atoms with Crippen molar-refractivity contribution < 1.29 is 24.1 Å². The van der Waals surface area contributed by atoms with Crippen LogP contribution in [0.25, 0.3) is 0 Å². The van der Waals surface area contributed by atoms with Gasteiger partial charge in [-0.15, -0.1) is 0 Å². The Morgan fingerprint density at radius 2 is 1.04 bits per heavy atom. The van der Waals surface area contributed by atoms with Crippen LogP contribution in [0.1, 0.15) is 10.4 Å². The zero-order valence-electron chi connectivity index (χ0n) is 13.5. The number of hydrogen-bond acceptors (Lipinski definition) is 5. The molecule has 0 saturated heterocycles. The van der Waals surface area contributed by atoms with Crippen LogP contribution in [0.5, 0.6) is 28.7 Å². The van der Waals surface area contributed by atoms with Crippen LogP contribution in [-0.4, -0.2) is 18.2 Å². The second kappa shape index (κ2) is 7.40. The molecule has 0 atom stereocenters. The third kappa shape index (κ3) is 4.29. The van der Waals surface area contributed by atoms with E-state index in [4.69, 9.17) is 9.47 Å². The van der Waals surface area contributed by atoms with Crippen LogP contribution in [0.2, 0.25) is 0 Å². The smallest absolute Gasteiger partial charge is 0.337 e. The van der Waals surface area contributed by atoms with E-state index in [9.17, 15) is 9.90 Å². The van der Waals surface area contributed by atoms with E-state index in [0.29, 0.717) is 28.6 Å². The number of rotatable bonds is 5. The van der Waals surface area contributed by atoms with Gasteiger partial charge in [0.2, 0.25) is 0 Å². The van der Waals surface area contributed by atoms with E-state index in [0.717, 1.165) is 0 Å². The minimum absolute atomic E-state index is 0.189. The Morgan fingerprint density at radius 3 is 1.44 bits per heavy atom. The first kappa shape index (κ1) is 16.4. The lowest BCUT2D eigenvalue weighted by Gasteiger charge is -2.09. The van der Waals surface area contributed by atoms with Crippen molar-refractivity contribution >= 4 is 5.97 Å². The van der Waals surface area contributed by atoms with Gasteiger partial charge in [0.15, 0.2) is 0 Å². The van der Waals surface area contributed by atoms with Crippen molar-refractivity contribution in [3.8, 4) is 28.7 Å². The maximum absolute atomic E-state index is 11.4. The average Bonchev–Trinajstić information content (AvgIpc) is 2.65. The summed E-state index contributed by atoms with van der Waals surface area (Å²) in [6.07, 6.45) is 0. The second-order valence-corrected chi connectivity index (χ2v) is 5.19. The van der Waals surface area contributed by atoms with Crippen molar-refractivity contribution in [1.29, 1.82) is 0 Å². The average molecular weight is 336 g/mol. The van der Waals surface area contributed by atoms with Gasteiger partial charge in [-0.05, 0) is 72.8 Å². The van der Waals surface area contributed by atoms with Gasteiger partial charge in [-0.1, -0.05) is 0 Å². The summed E-state index contributed by atoms with van der Waals surface area (Å²) in [6.45, 7) is 0.